The van der Waals surface area contributed by atoms with Crippen LogP contribution in [0.3, 0.4) is 0 Å². The maximum absolute atomic E-state index is 5.92. The predicted molar refractivity (Wildman–Crippen MR) is 64.3 cm³/mol. The second-order valence-electron chi connectivity index (χ2n) is 4.13. The molecule has 0 amide bonds. The van der Waals surface area contributed by atoms with Gasteiger partial charge in [0.05, 0.1) is 0 Å². The average Bonchev–Trinajstić information content (AvgIpc) is 2.30. The van der Waals surface area contributed by atoms with Gasteiger partial charge < -0.3 is 9.47 Å². The van der Waals surface area contributed by atoms with E-state index in [0.717, 1.165) is 19.3 Å². The summed E-state index contributed by atoms with van der Waals surface area (Å²) in [5.74, 6) is -0.488. The monoisotopic (exact) mass is 220 g/mol. The molecule has 0 unspecified atom stereocenters. The molecule has 0 fully saturated rings. The molecule has 0 radical (unpaired) electrons. The fourth-order valence-corrected chi connectivity index (χ4v) is 2.56. The number of fused-ring (bicyclic) bond motifs is 1. The van der Waals surface area contributed by atoms with Crippen molar-refractivity contribution in [3.63, 3.8) is 0 Å². The van der Waals surface area contributed by atoms with Gasteiger partial charge in [0, 0.05) is 25.2 Å². The van der Waals surface area contributed by atoms with Crippen LogP contribution in [0.5, 0.6) is 0 Å². The molecular formula is C14H20O2. The van der Waals surface area contributed by atoms with Gasteiger partial charge in [-0.1, -0.05) is 24.3 Å². The minimum Gasteiger partial charge on any atom is -0.346 e. The molecule has 0 saturated carbocycles. The zero-order chi connectivity index (χ0) is 11.4. The van der Waals surface area contributed by atoms with Crippen LogP contribution in [0.25, 0.3) is 0 Å². The molecule has 1 aromatic rings. The third kappa shape index (κ3) is 2.00. The van der Waals surface area contributed by atoms with Crippen LogP contribution in [-0.4, -0.2) is 13.2 Å². The highest BCUT2D eigenvalue weighted by molar-refractivity contribution is 5.33. The lowest BCUT2D eigenvalue weighted by Gasteiger charge is -2.38. The second kappa shape index (κ2) is 4.98. The van der Waals surface area contributed by atoms with Crippen molar-refractivity contribution in [2.24, 2.45) is 0 Å². The van der Waals surface area contributed by atoms with E-state index in [1.165, 1.54) is 11.1 Å². The summed E-state index contributed by atoms with van der Waals surface area (Å²) >= 11 is 0. The van der Waals surface area contributed by atoms with E-state index in [9.17, 15) is 0 Å². The fraction of sp³-hybridized carbons (Fsp3) is 0.571. The number of ether oxygens (including phenoxy) is 2. The number of rotatable bonds is 4. The van der Waals surface area contributed by atoms with Crippen LogP contribution in [-0.2, 0) is 21.7 Å². The molecule has 16 heavy (non-hydrogen) atoms. The number of hydrogen-bond acceptors (Lipinski definition) is 2. The maximum atomic E-state index is 5.92. The van der Waals surface area contributed by atoms with Gasteiger partial charge in [-0.2, -0.15) is 0 Å². The second-order valence-corrected chi connectivity index (χ2v) is 4.13. The topological polar surface area (TPSA) is 18.5 Å². The van der Waals surface area contributed by atoms with E-state index >= 15 is 0 Å². The van der Waals surface area contributed by atoms with Gasteiger partial charge >= 0.3 is 0 Å². The van der Waals surface area contributed by atoms with Crippen molar-refractivity contribution in [3.05, 3.63) is 35.4 Å². The first-order valence-electron chi connectivity index (χ1n) is 6.18. The average molecular weight is 220 g/mol. The summed E-state index contributed by atoms with van der Waals surface area (Å²) in [6.07, 6.45) is 3.24. The van der Waals surface area contributed by atoms with Crippen molar-refractivity contribution in [2.75, 3.05) is 13.2 Å². The Morgan fingerprint density at radius 3 is 2.50 bits per heavy atom. The zero-order valence-electron chi connectivity index (χ0n) is 10.2. The summed E-state index contributed by atoms with van der Waals surface area (Å²) in [6.45, 7) is 5.43. The minimum atomic E-state index is -0.488. The Kier molecular flexibility index (Phi) is 3.62. The first-order valence-corrected chi connectivity index (χ1v) is 6.18. The molecule has 1 aromatic carbocycles. The van der Waals surface area contributed by atoms with Crippen LogP contribution in [0.15, 0.2) is 24.3 Å². The van der Waals surface area contributed by atoms with Crippen molar-refractivity contribution in [2.45, 2.75) is 38.9 Å². The van der Waals surface area contributed by atoms with E-state index in [2.05, 4.69) is 24.3 Å². The third-order valence-electron chi connectivity index (χ3n) is 3.13. The highest BCUT2D eigenvalue weighted by atomic mass is 16.7. The molecule has 0 atom stereocenters. The van der Waals surface area contributed by atoms with Crippen molar-refractivity contribution < 1.29 is 9.47 Å². The van der Waals surface area contributed by atoms with Crippen LogP contribution in [0.1, 0.15) is 37.8 Å². The molecule has 0 aliphatic heterocycles. The molecular weight excluding hydrogens is 200 g/mol. The Balaban J connectivity index is 2.39. The fourth-order valence-electron chi connectivity index (χ4n) is 2.56. The van der Waals surface area contributed by atoms with Gasteiger partial charge in [-0.3, -0.25) is 0 Å². The van der Waals surface area contributed by atoms with Crippen LogP contribution in [0, 0.1) is 0 Å². The standard InChI is InChI=1S/C14H20O2/c1-3-15-14(16-4-2)11-7-9-12-8-5-6-10-13(12)14/h5-6,8,10H,3-4,7,9,11H2,1-2H3. The molecule has 0 bridgehead atoms. The van der Waals surface area contributed by atoms with E-state index in [1.807, 2.05) is 13.8 Å². The summed E-state index contributed by atoms with van der Waals surface area (Å²) < 4.78 is 11.8. The van der Waals surface area contributed by atoms with Gasteiger partial charge in [-0.05, 0) is 32.3 Å². The number of benzene rings is 1. The van der Waals surface area contributed by atoms with E-state index < -0.39 is 5.79 Å². The summed E-state index contributed by atoms with van der Waals surface area (Å²) in [7, 11) is 0. The molecule has 0 N–H and O–H groups in total. The van der Waals surface area contributed by atoms with Gasteiger partial charge in [-0.15, -0.1) is 0 Å². The molecule has 0 spiro atoms. The minimum absolute atomic E-state index is 0.488. The number of hydrogen-bond donors (Lipinski definition) is 0. The molecule has 2 heteroatoms. The summed E-state index contributed by atoms with van der Waals surface area (Å²) in [4.78, 5) is 0. The van der Waals surface area contributed by atoms with Gasteiger partial charge in [0.2, 0.25) is 0 Å². The van der Waals surface area contributed by atoms with Crippen LogP contribution in [0.4, 0.5) is 0 Å². The van der Waals surface area contributed by atoms with Crippen molar-refractivity contribution in [1.29, 1.82) is 0 Å². The molecule has 0 heterocycles. The van der Waals surface area contributed by atoms with Gasteiger partial charge in [0.25, 0.3) is 0 Å². The first kappa shape index (κ1) is 11.6. The third-order valence-corrected chi connectivity index (χ3v) is 3.13. The maximum Gasteiger partial charge on any atom is 0.195 e. The van der Waals surface area contributed by atoms with Crippen molar-refractivity contribution >= 4 is 0 Å². The SMILES string of the molecule is CCOC1(OCC)CCCc2ccccc21. The number of aryl methyl sites for hydroxylation is 1. The van der Waals surface area contributed by atoms with Crippen LogP contribution in [0.2, 0.25) is 0 Å². The quantitative estimate of drug-likeness (QED) is 0.725. The first-order chi connectivity index (χ1) is 7.82. The summed E-state index contributed by atoms with van der Waals surface area (Å²) in [5.41, 5.74) is 2.60. The van der Waals surface area contributed by atoms with E-state index in [4.69, 9.17) is 9.47 Å². The Hall–Kier alpha value is -0.860. The highest BCUT2D eigenvalue weighted by Gasteiger charge is 2.37. The molecule has 1 aliphatic rings. The van der Waals surface area contributed by atoms with Gasteiger partial charge in [0.15, 0.2) is 5.79 Å². The molecule has 1 aliphatic carbocycles. The van der Waals surface area contributed by atoms with Gasteiger partial charge in [0.1, 0.15) is 0 Å². The van der Waals surface area contributed by atoms with E-state index in [0.29, 0.717) is 13.2 Å². The normalized spacial score (nSPS) is 18.1. The summed E-state index contributed by atoms with van der Waals surface area (Å²) in [6, 6.07) is 8.48. The molecule has 0 aromatic heterocycles. The Morgan fingerprint density at radius 1 is 1.12 bits per heavy atom. The Morgan fingerprint density at radius 2 is 1.81 bits per heavy atom. The largest absolute Gasteiger partial charge is 0.346 e. The Labute approximate surface area is 97.6 Å². The van der Waals surface area contributed by atoms with E-state index in [1.54, 1.807) is 0 Å². The molecule has 2 rings (SSSR count). The lowest BCUT2D eigenvalue weighted by molar-refractivity contribution is -0.250. The van der Waals surface area contributed by atoms with Crippen molar-refractivity contribution in [3.8, 4) is 0 Å². The van der Waals surface area contributed by atoms with E-state index in [-0.39, 0.29) is 0 Å². The van der Waals surface area contributed by atoms with Crippen molar-refractivity contribution in [1.82, 2.24) is 0 Å². The zero-order valence-corrected chi connectivity index (χ0v) is 10.2. The lowest BCUT2D eigenvalue weighted by atomic mass is 9.86. The van der Waals surface area contributed by atoms with Crippen LogP contribution >= 0.6 is 0 Å². The summed E-state index contributed by atoms with van der Waals surface area (Å²) in [5, 5.41) is 0. The smallest absolute Gasteiger partial charge is 0.195 e. The predicted octanol–water partition coefficient (Wildman–Crippen LogP) is 3.25. The molecule has 2 nitrogen and oxygen atoms in total. The van der Waals surface area contributed by atoms with Gasteiger partial charge in [-0.25, -0.2) is 0 Å². The lowest BCUT2D eigenvalue weighted by Crippen LogP contribution is -2.37. The van der Waals surface area contributed by atoms with Crippen LogP contribution < -0.4 is 0 Å². The molecule has 88 valence electrons. The highest BCUT2D eigenvalue weighted by Crippen LogP contribution is 2.39. The Bertz CT molecular complexity index is 340. The molecule has 0 saturated heterocycles.